The summed E-state index contributed by atoms with van der Waals surface area (Å²) >= 11 is 3.40. The monoisotopic (exact) mass is 369 g/mol. The summed E-state index contributed by atoms with van der Waals surface area (Å²) < 4.78 is 46.8. The first-order chi connectivity index (χ1) is 9.69. The second kappa shape index (κ2) is 8.00. The third kappa shape index (κ3) is 7.15. The molecule has 0 amide bonds. The second-order valence-electron chi connectivity index (χ2n) is 4.97. The maximum Gasteiger partial charge on any atom is 0.411 e. The third-order valence-corrected chi connectivity index (χ3v) is 3.03. The zero-order valence-corrected chi connectivity index (χ0v) is 13.8. The number of hydrogen-bond donors (Lipinski definition) is 1. The van der Waals surface area contributed by atoms with Crippen LogP contribution in [0.2, 0.25) is 0 Å². The molecule has 1 rings (SSSR count). The lowest BCUT2D eigenvalue weighted by atomic mass is 10.1. The molecular formula is C14H19BrF3NO2. The van der Waals surface area contributed by atoms with E-state index in [1.807, 2.05) is 32.9 Å². The lowest BCUT2D eigenvalue weighted by molar-refractivity contribution is -0.186. The summed E-state index contributed by atoms with van der Waals surface area (Å²) in [5, 5.41) is 3.25. The van der Waals surface area contributed by atoms with Gasteiger partial charge in [0.2, 0.25) is 0 Å². The number of alkyl halides is 3. The minimum absolute atomic E-state index is 0.290. The SMILES string of the molecule is Cc1cc(Br)cc(CNC(C)C)c1OCOCC(F)(F)F. The maximum absolute atomic E-state index is 12.0. The molecule has 0 aliphatic carbocycles. The summed E-state index contributed by atoms with van der Waals surface area (Å²) in [6.45, 7) is 4.67. The molecular weight excluding hydrogens is 351 g/mol. The zero-order chi connectivity index (χ0) is 16.0. The number of rotatable bonds is 7. The Bertz CT molecular complexity index is 464. The standard InChI is InChI=1S/C14H19BrF3NO2/c1-9(2)19-6-11-5-12(15)4-10(3)13(11)21-8-20-7-14(16,17)18/h4-5,9,19H,6-8H2,1-3H3. The second-order valence-corrected chi connectivity index (χ2v) is 5.89. The Kier molecular flexibility index (Phi) is 6.96. The van der Waals surface area contributed by atoms with E-state index in [1.165, 1.54) is 0 Å². The first kappa shape index (κ1) is 18.3. The van der Waals surface area contributed by atoms with Crippen LogP contribution in [0.4, 0.5) is 13.2 Å². The van der Waals surface area contributed by atoms with E-state index in [0.29, 0.717) is 18.3 Å². The van der Waals surface area contributed by atoms with Gasteiger partial charge in [0, 0.05) is 22.6 Å². The molecule has 0 saturated heterocycles. The van der Waals surface area contributed by atoms with E-state index in [0.717, 1.165) is 15.6 Å². The summed E-state index contributed by atoms with van der Waals surface area (Å²) in [5.41, 5.74) is 1.70. The van der Waals surface area contributed by atoms with Gasteiger partial charge >= 0.3 is 6.18 Å². The molecule has 7 heteroatoms. The summed E-state index contributed by atoms with van der Waals surface area (Å²) in [7, 11) is 0. The van der Waals surface area contributed by atoms with E-state index in [2.05, 4.69) is 26.0 Å². The zero-order valence-electron chi connectivity index (χ0n) is 12.2. The van der Waals surface area contributed by atoms with E-state index >= 15 is 0 Å². The van der Waals surface area contributed by atoms with Gasteiger partial charge in [-0.25, -0.2) is 0 Å². The van der Waals surface area contributed by atoms with Crippen molar-refractivity contribution in [2.75, 3.05) is 13.4 Å². The molecule has 0 aromatic heterocycles. The molecule has 0 unspecified atom stereocenters. The molecule has 0 atom stereocenters. The smallest absolute Gasteiger partial charge is 0.411 e. The van der Waals surface area contributed by atoms with E-state index in [9.17, 15) is 13.2 Å². The van der Waals surface area contributed by atoms with Crippen molar-refractivity contribution >= 4 is 15.9 Å². The van der Waals surface area contributed by atoms with Gasteiger partial charge < -0.3 is 14.8 Å². The molecule has 120 valence electrons. The molecule has 0 fully saturated rings. The fourth-order valence-corrected chi connectivity index (χ4v) is 2.33. The number of nitrogens with one attached hydrogen (secondary N) is 1. The van der Waals surface area contributed by atoms with Crippen LogP contribution < -0.4 is 10.1 Å². The first-order valence-electron chi connectivity index (χ1n) is 6.48. The van der Waals surface area contributed by atoms with Crippen molar-refractivity contribution in [3.8, 4) is 5.75 Å². The van der Waals surface area contributed by atoms with Crippen LogP contribution >= 0.6 is 15.9 Å². The van der Waals surface area contributed by atoms with E-state index in [-0.39, 0.29) is 0 Å². The Labute approximate surface area is 130 Å². The quantitative estimate of drug-likeness (QED) is 0.577. The average Bonchev–Trinajstić information content (AvgIpc) is 2.32. The molecule has 0 saturated carbocycles. The summed E-state index contributed by atoms with van der Waals surface area (Å²) in [5.74, 6) is 0.550. The fraction of sp³-hybridized carbons (Fsp3) is 0.571. The lowest BCUT2D eigenvalue weighted by Crippen LogP contribution is -2.23. The van der Waals surface area contributed by atoms with Gasteiger partial charge in [0.15, 0.2) is 6.79 Å². The minimum Gasteiger partial charge on any atom is -0.467 e. The van der Waals surface area contributed by atoms with Crippen LogP contribution in [-0.4, -0.2) is 25.6 Å². The van der Waals surface area contributed by atoms with Crippen molar-refractivity contribution in [1.82, 2.24) is 5.32 Å². The van der Waals surface area contributed by atoms with Crippen molar-refractivity contribution in [3.63, 3.8) is 0 Å². The third-order valence-electron chi connectivity index (χ3n) is 2.57. The molecule has 1 aromatic rings. The van der Waals surface area contributed by atoms with Gasteiger partial charge in [-0.3, -0.25) is 0 Å². The molecule has 0 aliphatic heterocycles. The number of halogens is 4. The Morgan fingerprint density at radius 1 is 1.29 bits per heavy atom. The highest BCUT2D eigenvalue weighted by Gasteiger charge is 2.27. The van der Waals surface area contributed by atoms with Crippen LogP contribution in [-0.2, 0) is 11.3 Å². The number of aryl methyl sites for hydroxylation is 1. The molecule has 0 bridgehead atoms. The summed E-state index contributed by atoms with van der Waals surface area (Å²) in [4.78, 5) is 0. The summed E-state index contributed by atoms with van der Waals surface area (Å²) in [6.07, 6.45) is -4.35. The van der Waals surface area contributed by atoms with Crippen molar-refractivity contribution in [2.45, 2.75) is 39.5 Å². The van der Waals surface area contributed by atoms with Crippen molar-refractivity contribution in [1.29, 1.82) is 0 Å². The Morgan fingerprint density at radius 3 is 2.52 bits per heavy atom. The van der Waals surface area contributed by atoms with Gasteiger partial charge in [-0.15, -0.1) is 0 Å². The molecule has 3 nitrogen and oxygen atoms in total. The number of benzene rings is 1. The average molecular weight is 370 g/mol. The van der Waals surface area contributed by atoms with Crippen LogP contribution in [0.3, 0.4) is 0 Å². The Morgan fingerprint density at radius 2 is 1.95 bits per heavy atom. The highest BCUT2D eigenvalue weighted by atomic mass is 79.9. The topological polar surface area (TPSA) is 30.5 Å². The number of hydrogen-bond acceptors (Lipinski definition) is 3. The molecule has 0 radical (unpaired) electrons. The predicted octanol–water partition coefficient (Wildman–Crippen LogP) is 4.17. The molecule has 1 aromatic carbocycles. The van der Waals surface area contributed by atoms with Gasteiger partial charge in [-0.1, -0.05) is 29.8 Å². The van der Waals surface area contributed by atoms with Crippen LogP contribution in [0.25, 0.3) is 0 Å². The highest BCUT2D eigenvalue weighted by Crippen LogP contribution is 2.28. The van der Waals surface area contributed by atoms with Crippen LogP contribution in [0.15, 0.2) is 16.6 Å². The maximum atomic E-state index is 12.0. The van der Waals surface area contributed by atoms with Crippen molar-refractivity contribution in [2.24, 2.45) is 0 Å². The van der Waals surface area contributed by atoms with Gasteiger partial charge in [0.1, 0.15) is 12.4 Å². The van der Waals surface area contributed by atoms with E-state index < -0.39 is 19.6 Å². The fourth-order valence-electron chi connectivity index (χ4n) is 1.71. The normalized spacial score (nSPS) is 12.0. The largest absolute Gasteiger partial charge is 0.467 e. The number of ether oxygens (including phenoxy) is 2. The van der Waals surface area contributed by atoms with Gasteiger partial charge in [0.05, 0.1) is 0 Å². The predicted molar refractivity (Wildman–Crippen MR) is 78.4 cm³/mol. The van der Waals surface area contributed by atoms with Gasteiger partial charge in [-0.2, -0.15) is 13.2 Å². The first-order valence-corrected chi connectivity index (χ1v) is 7.28. The van der Waals surface area contributed by atoms with Crippen molar-refractivity contribution in [3.05, 3.63) is 27.7 Å². The van der Waals surface area contributed by atoms with E-state index in [1.54, 1.807) is 0 Å². The van der Waals surface area contributed by atoms with Crippen LogP contribution in [0, 0.1) is 6.92 Å². The van der Waals surface area contributed by atoms with E-state index in [4.69, 9.17) is 4.74 Å². The molecule has 0 spiro atoms. The van der Waals surface area contributed by atoms with Crippen LogP contribution in [0.5, 0.6) is 5.75 Å². The Balaban J connectivity index is 2.70. The minimum atomic E-state index is -4.35. The molecule has 0 heterocycles. The molecule has 1 N–H and O–H groups in total. The molecule has 21 heavy (non-hydrogen) atoms. The molecule has 0 aliphatic rings. The highest BCUT2D eigenvalue weighted by molar-refractivity contribution is 9.10. The lowest BCUT2D eigenvalue weighted by Gasteiger charge is -2.17. The van der Waals surface area contributed by atoms with Crippen molar-refractivity contribution < 1.29 is 22.6 Å². The summed E-state index contributed by atoms with van der Waals surface area (Å²) in [6, 6.07) is 4.01. The van der Waals surface area contributed by atoms with Gasteiger partial charge in [-0.05, 0) is 24.6 Å². The van der Waals surface area contributed by atoms with Gasteiger partial charge in [0.25, 0.3) is 0 Å². The Hall–Kier alpha value is -0.790. The van der Waals surface area contributed by atoms with Crippen LogP contribution in [0.1, 0.15) is 25.0 Å².